The number of nitrogens with zero attached hydrogens (tertiary/aromatic N) is 1. The molecular weight excluding hydrogens is 275 g/mol. The van der Waals surface area contributed by atoms with Gasteiger partial charge in [-0.25, -0.2) is 0 Å². The summed E-state index contributed by atoms with van der Waals surface area (Å²) in [5.41, 5.74) is 0.118. The minimum absolute atomic E-state index is 0.131. The van der Waals surface area contributed by atoms with Crippen LogP contribution in [-0.2, 0) is 4.79 Å². The van der Waals surface area contributed by atoms with Gasteiger partial charge in [-0.2, -0.15) is 0 Å². The van der Waals surface area contributed by atoms with Crippen molar-refractivity contribution in [2.24, 2.45) is 0 Å². The molecule has 0 aliphatic heterocycles. The molecule has 1 radical (unpaired) electrons. The Morgan fingerprint density at radius 2 is 1.77 bits per heavy atom. The monoisotopic (exact) mass is 307 g/mol. The second-order valence-corrected chi connectivity index (χ2v) is 6.53. The molecule has 0 bridgehead atoms. The Labute approximate surface area is 136 Å². The molecule has 0 spiro atoms. The minimum atomic E-state index is -0.829. The summed E-state index contributed by atoms with van der Waals surface area (Å²) in [6.45, 7) is 13.0. The third kappa shape index (κ3) is 6.69. The van der Waals surface area contributed by atoms with Crippen LogP contribution in [0.4, 0.5) is 0 Å². The zero-order valence-corrected chi connectivity index (χ0v) is 15.2. The van der Waals surface area contributed by atoms with Crippen molar-refractivity contribution in [1.29, 1.82) is 0 Å². The van der Waals surface area contributed by atoms with Crippen molar-refractivity contribution in [3.8, 4) is 0 Å². The van der Waals surface area contributed by atoms with Gasteiger partial charge in [-0.1, -0.05) is 31.5 Å². The molecule has 22 heavy (non-hydrogen) atoms. The summed E-state index contributed by atoms with van der Waals surface area (Å²) >= 11 is 0. The van der Waals surface area contributed by atoms with Gasteiger partial charge >= 0.3 is 0 Å². The van der Waals surface area contributed by atoms with Gasteiger partial charge in [0, 0.05) is 26.6 Å². The van der Waals surface area contributed by atoms with Gasteiger partial charge in [0.25, 0.3) is 0 Å². The first kappa shape index (κ1) is 20.8. The van der Waals surface area contributed by atoms with E-state index in [-0.39, 0.29) is 11.2 Å². The molecule has 125 valence electrons. The maximum Gasteiger partial charge on any atom is 0.226 e. The lowest BCUT2D eigenvalue weighted by molar-refractivity contribution is -0.129. The summed E-state index contributed by atoms with van der Waals surface area (Å²) in [4.78, 5) is 13.8. The molecule has 0 saturated carbocycles. The fraction of sp³-hybridized carbons (Fsp3) is 0.706. The van der Waals surface area contributed by atoms with E-state index >= 15 is 0 Å². The van der Waals surface area contributed by atoms with Crippen LogP contribution in [0, 0.1) is 0 Å². The standard InChI is InChI=1S/C17H32BN2O2/c1-8-20(9-2)15(21)12-10-11-14(13-19-7)18-16(3,4)17(5,6)22/h10-11,13,19,22H,8-9,12H2,1-7H3/b11-10-,14-13+. The van der Waals surface area contributed by atoms with E-state index in [1.54, 1.807) is 13.8 Å². The van der Waals surface area contributed by atoms with Crippen molar-refractivity contribution < 1.29 is 9.90 Å². The maximum atomic E-state index is 12.0. The van der Waals surface area contributed by atoms with E-state index < -0.39 is 5.60 Å². The zero-order valence-electron chi connectivity index (χ0n) is 15.2. The Hall–Kier alpha value is -1.23. The van der Waals surface area contributed by atoms with E-state index in [1.807, 2.05) is 65.3 Å². The Bertz CT molecular complexity index is 405. The van der Waals surface area contributed by atoms with Crippen molar-refractivity contribution in [3.05, 3.63) is 23.8 Å². The zero-order chi connectivity index (χ0) is 17.4. The summed E-state index contributed by atoms with van der Waals surface area (Å²) in [6.07, 6.45) is 6.05. The first-order valence-corrected chi connectivity index (χ1v) is 7.99. The van der Waals surface area contributed by atoms with Gasteiger partial charge in [0.2, 0.25) is 5.91 Å². The minimum Gasteiger partial charge on any atom is -0.394 e. The van der Waals surface area contributed by atoms with E-state index in [2.05, 4.69) is 5.32 Å². The van der Waals surface area contributed by atoms with Crippen LogP contribution in [0.2, 0.25) is 5.31 Å². The predicted octanol–water partition coefficient (Wildman–Crippen LogP) is 2.54. The molecule has 0 saturated heterocycles. The normalized spacial score (nSPS) is 13.4. The van der Waals surface area contributed by atoms with Gasteiger partial charge in [-0.3, -0.25) is 4.79 Å². The van der Waals surface area contributed by atoms with Crippen LogP contribution in [0.1, 0.15) is 48.0 Å². The maximum absolute atomic E-state index is 12.0. The van der Waals surface area contributed by atoms with Gasteiger partial charge in [0.15, 0.2) is 7.28 Å². The fourth-order valence-electron chi connectivity index (χ4n) is 1.90. The van der Waals surface area contributed by atoms with Crippen LogP contribution in [0.3, 0.4) is 0 Å². The molecule has 1 amide bonds. The molecule has 0 fully saturated rings. The molecular formula is C17H32BN2O2. The second kappa shape index (κ2) is 9.04. The predicted molar refractivity (Wildman–Crippen MR) is 94.9 cm³/mol. The Kier molecular flexibility index (Phi) is 8.53. The number of aliphatic hydroxyl groups is 1. The smallest absolute Gasteiger partial charge is 0.226 e. The summed E-state index contributed by atoms with van der Waals surface area (Å²) in [6, 6.07) is 0. The summed E-state index contributed by atoms with van der Waals surface area (Å²) < 4.78 is 0. The van der Waals surface area contributed by atoms with E-state index in [9.17, 15) is 9.90 Å². The molecule has 0 aromatic carbocycles. The van der Waals surface area contributed by atoms with Crippen molar-refractivity contribution >= 4 is 13.2 Å². The number of carbonyl (C=O) groups is 1. The molecule has 0 atom stereocenters. The number of hydrogen-bond acceptors (Lipinski definition) is 3. The molecule has 4 nitrogen and oxygen atoms in total. The highest BCUT2D eigenvalue weighted by atomic mass is 16.3. The topological polar surface area (TPSA) is 52.6 Å². The van der Waals surface area contributed by atoms with Crippen LogP contribution in [-0.4, -0.2) is 48.9 Å². The largest absolute Gasteiger partial charge is 0.394 e. The van der Waals surface area contributed by atoms with Crippen LogP contribution in [0.15, 0.2) is 23.8 Å². The fourth-order valence-corrected chi connectivity index (χ4v) is 1.90. The van der Waals surface area contributed by atoms with Gasteiger partial charge < -0.3 is 15.3 Å². The Morgan fingerprint density at radius 1 is 1.23 bits per heavy atom. The molecule has 0 aliphatic carbocycles. The number of allylic oxidation sites excluding steroid dienone is 2. The molecule has 0 unspecified atom stereocenters. The second-order valence-electron chi connectivity index (χ2n) is 6.53. The number of hydrogen-bond donors (Lipinski definition) is 2. The van der Waals surface area contributed by atoms with Crippen LogP contribution in [0.5, 0.6) is 0 Å². The third-order valence-corrected chi connectivity index (χ3v) is 4.13. The summed E-state index contributed by atoms with van der Waals surface area (Å²) in [7, 11) is 3.85. The lowest BCUT2D eigenvalue weighted by Crippen LogP contribution is -2.38. The first-order valence-electron chi connectivity index (χ1n) is 7.99. The Balaban J connectivity index is 4.84. The van der Waals surface area contributed by atoms with Crippen LogP contribution >= 0.6 is 0 Å². The lowest BCUT2D eigenvalue weighted by atomic mass is 9.44. The van der Waals surface area contributed by atoms with Gasteiger partial charge in [0.1, 0.15) is 0 Å². The average molecular weight is 307 g/mol. The van der Waals surface area contributed by atoms with Gasteiger partial charge in [-0.15, -0.1) is 0 Å². The highest BCUT2D eigenvalue weighted by molar-refractivity contribution is 6.50. The van der Waals surface area contributed by atoms with Gasteiger partial charge in [0.05, 0.1) is 5.60 Å². The number of amides is 1. The highest BCUT2D eigenvalue weighted by Crippen LogP contribution is 2.38. The molecule has 0 aromatic heterocycles. The van der Waals surface area contributed by atoms with Gasteiger partial charge in [-0.05, 0) is 39.2 Å². The van der Waals surface area contributed by atoms with Crippen molar-refractivity contribution in [2.45, 2.75) is 58.9 Å². The lowest BCUT2D eigenvalue weighted by Gasteiger charge is -2.37. The average Bonchev–Trinajstić information content (AvgIpc) is 2.38. The molecule has 5 heteroatoms. The van der Waals surface area contributed by atoms with Crippen LogP contribution in [0.25, 0.3) is 0 Å². The summed E-state index contributed by atoms with van der Waals surface area (Å²) in [5.74, 6) is 0.131. The van der Waals surface area contributed by atoms with E-state index in [4.69, 9.17) is 0 Å². The number of carbonyl (C=O) groups excluding carboxylic acids is 1. The number of nitrogens with one attached hydrogen (secondary N) is 1. The SMILES string of the molecule is CCN(CC)C(=O)C/C=C\C([B]C(C)(C)C(C)(C)O)=C/NC. The highest BCUT2D eigenvalue weighted by Gasteiger charge is 2.35. The molecule has 0 rings (SSSR count). The third-order valence-electron chi connectivity index (χ3n) is 4.13. The quantitative estimate of drug-likeness (QED) is 0.508. The number of rotatable bonds is 9. The van der Waals surface area contributed by atoms with E-state index in [1.165, 1.54) is 0 Å². The van der Waals surface area contributed by atoms with Crippen molar-refractivity contribution in [2.75, 3.05) is 20.1 Å². The van der Waals surface area contributed by atoms with E-state index in [0.717, 1.165) is 18.6 Å². The van der Waals surface area contributed by atoms with Crippen molar-refractivity contribution in [1.82, 2.24) is 10.2 Å². The molecule has 2 N–H and O–H groups in total. The van der Waals surface area contributed by atoms with Crippen LogP contribution < -0.4 is 5.32 Å². The van der Waals surface area contributed by atoms with E-state index in [0.29, 0.717) is 6.42 Å². The Morgan fingerprint density at radius 3 is 2.18 bits per heavy atom. The molecule has 0 aliphatic rings. The molecule has 0 heterocycles. The summed E-state index contributed by atoms with van der Waals surface area (Å²) in [5, 5.41) is 12.9. The first-order chi connectivity index (χ1) is 10.1. The molecule has 0 aromatic rings. The van der Waals surface area contributed by atoms with Crippen molar-refractivity contribution in [3.63, 3.8) is 0 Å².